The van der Waals surface area contributed by atoms with Gasteiger partial charge in [0.25, 0.3) is 5.91 Å². The molecule has 1 fully saturated rings. The molecule has 3 N–H and O–H groups in total. The predicted molar refractivity (Wildman–Crippen MR) is 84.6 cm³/mol. The Bertz CT molecular complexity index is 593. The molecule has 0 saturated carbocycles. The van der Waals surface area contributed by atoms with Crippen molar-refractivity contribution in [3.8, 4) is 0 Å². The van der Waals surface area contributed by atoms with Crippen LogP contribution < -0.4 is 16.2 Å². The predicted octanol–water partition coefficient (Wildman–Crippen LogP) is 1.93. The Morgan fingerprint density at radius 2 is 2.10 bits per heavy atom. The molecular weight excluding hydrogens is 284 g/mol. The summed E-state index contributed by atoms with van der Waals surface area (Å²) in [6.07, 6.45) is 3.57. The molecule has 1 aromatic heterocycles. The number of anilines is 1. The van der Waals surface area contributed by atoms with Crippen molar-refractivity contribution in [2.24, 2.45) is 0 Å². The standard InChI is InChI=1S/C15H16N4OS/c20-14(19-18-12-6-2-1-3-7-12)13-10-21-15(17-13)11-5-4-8-16-9-11/h1-9,13,15,17-18H,10H2,(H,19,20). The maximum Gasteiger partial charge on any atom is 0.256 e. The number of aromatic nitrogens is 1. The molecule has 2 unspecified atom stereocenters. The first-order valence-corrected chi connectivity index (χ1v) is 7.76. The minimum Gasteiger partial charge on any atom is -0.299 e. The van der Waals surface area contributed by atoms with Crippen LogP contribution in [0.5, 0.6) is 0 Å². The molecule has 2 atom stereocenters. The van der Waals surface area contributed by atoms with E-state index in [1.807, 2.05) is 48.7 Å². The van der Waals surface area contributed by atoms with Crippen LogP contribution in [-0.2, 0) is 4.79 Å². The van der Waals surface area contributed by atoms with Crippen LogP contribution in [0.4, 0.5) is 5.69 Å². The van der Waals surface area contributed by atoms with Gasteiger partial charge in [0.15, 0.2) is 0 Å². The minimum atomic E-state index is -0.212. The SMILES string of the molecule is O=C(NNc1ccccc1)C1CSC(c2cccnc2)N1. The smallest absolute Gasteiger partial charge is 0.256 e. The fraction of sp³-hybridized carbons (Fsp3) is 0.200. The number of pyridine rings is 1. The number of thioether (sulfide) groups is 1. The number of carbonyl (C=O) groups excluding carboxylic acids is 1. The summed E-state index contributed by atoms with van der Waals surface area (Å²) in [7, 11) is 0. The maximum atomic E-state index is 12.1. The third kappa shape index (κ3) is 3.53. The van der Waals surface area contributed by atoms with Crippen LogP contribution >= 0.6 is 11.8 Å². The highest BCUT2D eigenvalue weighted by Crippen LogP contribution is 2.32. The van der Waals surface area contributed by atoms with E-state index in [2.05, 4.69) is 21.2 Å². The van der Waals surface area contributed by atoms with Crippen LogP contribution in [0.1, 0.15) is 10.9 Å². The zero-order valence-electron chi connectivity index (χ0n) is 11.3. The van der Waals surface area contributed by atoms with Crippen LogP contribution in [0.15, 0.2) is 54.9 Å². The highest BCUT2D eigenvalue weighted by Gasteiger charge is 2.30. The van der Waals surface area contributed by atoms with E-state index in [0.29, 0.717) is 0 Å². The largest absolute Gasteiger partial charge is 0.299 e. The molecule has 0 bridgehead atoms. The lowest BCUT2D eigenvalue weighted by Gasteiger charge is -2.14. The maximum absolute atomic E-state index is 12.1. The monoisotopic (exact) mass is 300 g/mol. The minimum absolute atomic E-state index is 0.0576. The van der Waals surface area contributed by atoms with E-state index in [1.54, 1.807) is 18.0 Å². The fourth-order valence-corrected chi connectivity index (χ4v) is 3.31. The molecule has 6 heteroatoms. The first-order valence-electron chi connectivity index (χ1n) is 6.71. The number of hydrogen-bond donors (Lipinski definition) is 3. The number of hydrogen-bond acceptors (Lipinski definition) is 5. The molecule has 0 radical (unpaired) electrons. The number of amides is 1. The van der Waals surface area contributed by atoms with Crippen LogP contribution in [0.3, 0.4) is 0 Å². The molecular formula is C15H16N4OS. The van der Waals surface area contributed by atoms with Gasteiger partial charge >= 0.3 is 0 Å². The number of carbonyl (C=O) groups is 1. The van der Waals surface area contributed by atoms with Crippen molar-refractivity contribution in [3.63, 3.8) is 0 Å². The van der Waals surface area contributed by atoms with E-state index in [-0.39, 0.29) is 17.3 Å². The first-order chi connectivity index (χ1) is 10.3. The summed E-state index contributed by atoms with van der Waals surface area (Å²) in [4.78, 5) is 16.2. The summed E-state index contributed by atoms with van der Waals surface area (Å²) in [6.45, 7) is 0. The Hall–Kier alpha value is -2.05. The van der Waals surface area contributed by atoms with Gasteiger partial charge < -0.3 is 0 Å². The topological polar surface area (TPSA) is 66.0 Å². The van der Waals surface area contributed by atoms with E-state index in [0.717, 1.165) is 17.0 Å². The van der Waals surface area contributed by atoms with Crippen molar-refractivity contribution < 1.29 is 4.79 Å². The molecule has 2 heterocycles. The molecule has 3 rings (SSSR count). The zero-order chi connectivity index (χ0) is 14.5. The van der Waals surface area contributed by atoms with Crippen molar-refractivity contribution in [2.75, 3.05) is 11.2 Å². The second-order valence-corrected chi connectivity index (χ2v) is 5.84. The molecule has 1 amide bonds. The summed E-state index contributed by atoms with van der Waals surface area (Å²) in [5.41, 5.74) is 7.60. The first kappa shape index (κ1) is 13.9. The molecule has 108 valence electrons. The Labute approximate surface area is 127 Å². The van der Waals surface area contributed by atoms with Crippen LogP contribution in [-0.4, -0.2) is 22.7 Å². The number of para-hydroxylation sites is 1. The molecule has 5 nitrogen and oxygen atoms in total. The molecule has 1 saturated heterocycles. The number of benzene rings is 1. The second-order valence-electron chi connectivity index (χ2n) is 4.70. The zero-order valence-corrected chi connectivity index (χ0v) is 12.1. The van der Waals surface area contributed by atoms with Gasteiger partial charge in [0.1, 0.15) is 0 Å². The lowest BCUT2D eigenvalue weighted by atomic mass is 10.2. The molecule has 0 spiro atoms. The molecule has 21 heavy (non-hydrogen) atoms. The highest BCUT2D eigenvalue weighted by atomic mass is 32.2. The summed E-state index contributed by atoms with van der Waals surface area (Å²) in [5.74, 6) is 0.680. The third-order valence-electron chi connectivity index (χ3n) is 3.19. The third-order valence-corrected chi connectivity index (χ3v) is 4.46. The average Bonchev–Trinajstić information content (AvgIpc) is 3.04. The quantitative estimate of drug-likeness (QED) is 0.753. The van der Waals surface area contributed by atoms with Gasteiger partial charge in [-0.2, -0.15) is 0 Å². The van der Waals surface area contributed by atoms with Gasteiger partial charge in [0.2, 0.25) is 0 Å². The molecule has 2 aromatic rings. The molecule has 1 aliphatic rings. The average molecular weight is 300 g/mol. The lowest BCUT2D eigenvalue weighted by molar-refractivity contribution is -0.122. The van der Waals surface area contributed by atoms with Crippen molar-refractivity contribution in [1.29, 1.82) is 0 Å². The van der Waals surface area contributed by atoms with Crippen LogP contribution in [0, 0.1) is 0 Å². The Morgan fingerprint density at radius 3 is 2.86 bits per heavy atom. The Balaban J connectivity index is 1.53. The van der Waals surface area contributed by atoms with E-state index in [9.17, 15) is 4.79 Å². The van der Waals surface area contributed by atoms with E-state index < -0.39 is 0 Å². The van der Waals surface area contributed by atoms with Gasteiger partial charge in [-0.3, -0.25) is 25.9 Å². The number of rotatable bonds is 4. The van der Waals surface area contributed by atoms with Crippen LogP contribution in [0.25, 0.3) is 0 Å². The van der Waals surface area contributed by atoms with Gasteiger partial charge in [-0.1, -0.05) is 24.3 Å². The number of nitrogens with one attached hydrogen (secondary N) is 3. The fourth-order valence-electron chi connectivity index (χ4n) is 2.09. The van der Waals surface area contributed by atoms with E-state index in [4.69, 9.17) is 0 Å². The van der Waals surface area contributed by atoms with Gasteiger partial charge in [-0.05, 0) is 23.8 Å². The number of hydrazine groups is 1. The normalized spacial score (nSPS) is 21.0. The van der Waals surface area contributed by atoms with Crippen molar-refractivity contribution in [1.82, 2.24) is 15.7 Å². The van der Waals surface area contributed by atoms with Gasteiger partial charge in [0.05, 0.1) is 17.1 Å². The summed E-state index contributed by atoms with van der Waals surface area (Å²) >= 11 is 1.71. The highest BCUT2D eigenvalue weighted by molar-refractivity contribution is 7.99. The van der Waals surface area contributed by atoms with Gasteiger partial charge in [-0.15, -0.1) is 11.8 Å². The van der Waals surface area contributed by atoms with Crippen molar-refractivity contribution in [2.45, 2.75) is 11.4 Å². The van der Waals surface area contributed by atoms with Crippen molar-refractivity contribution in [3.05, 3.63) is 60.4 Å². The Morgan fingerprint density at radius 1 is 1.24 bits per heavy atom. The second kappa shape index (κ2) is 6.60. The summed E-state index contributed by atoms with van der Waals surface area (Å²) in [5, 5.41) is 3.43. The number of nitrogens with zero attached hydrogens (tertiary/aromatic N) is 1. The molecule has 1 aromatic carbocycles. The van der Waals surface area contributed by atoms with Gasteiger partial charge in [0, 0.05) is 18.1 Å². The summed E-state index contributed by atoms with van der Waals surface area (Å²) in [6, 6.07) is 13.3. The van der Waals surface area contributed by atoms with E-state index >= 15 is 0 Å². The van der Waals surface area contributed by atoms with Gasteiger partial charge in [-0.25, -0.2) is 0 Å². The Kier molecular flexibility index (Phi) is 4.37. The lowest BCUT2D eigenvalue weighted by Crippen LogP contribution is -2.44. The van der Waals surface area contributed by atoms with Crippen LogP contribution in [0.2, 0.25) is 0 Å². The van der Waals surface area contributed by atoms with E-state index in [1.165, 1.54) is 0 Å². The van der Waals surface area contributed by atoms with Crippen molar-refractivity contribution >= 4 is 23.4 Å². The molecule has 0 aliphatic carbocycles. The molecule has 1 aliphatic heterocycles. The summed E-state index contributed by atoms with van der Waals surface area (Å²) < 4.78 is 0.